The maximum atomic E-state index is 14.8. The number of aliphatic imine (C=N–C) groups is 1. The van der Waals surface area contributed by atoms with Gasteiger partial charge in [0.15, 0.2) is 5.17 Å². The SMILES string of the molecule is NC1=N[C@]2(c3cc(NC(=O)c4ccc(F)cn4)ccc3F)CCOCC2CS1. The Labute approximate surface area is 164 Å². The van der Waals surface area contributed by atoms with E-state index in [4.69, 9.17) is 10.5 Å². The second kappa shape index (κ2) is 7.48. The molecule has 3 N–H and O–H groups in total. The van der Waals surface area contributed by atoms with Crippen LogP contribution in [0, 0.1) is 17.6 Å². The Balaban J connectivity index is 1.68. The lowest BCUT2D eigenvalue weighted by molar-refractivity contribution is 0.00886. The number of thioether (sulfide) groups is 1. The summed E-state index contributed by atoms with van der Waals surface area (Å²) in [6.07, 6.45) is 1.47. The van der Waals surface area contributed by atoms with Crippen molar-refractivity contribution in [1.29, 1.82) is 0 Å². The third-order valence-corrected chi connectivity index (χ3v) is 5.97. The number of nitrogens with two attached hydrogens (primary N) is 1. The number of hydrogen-bond acceptors (Lipinski definition) is 6. The quantitative estimate of drug-likeness (QED) is 0.821. The molecule has 0 saturated carbocycles. The predicted molar refractivity (Wildman–Crippen MR) is 103 cm³/mol. The van der Waals surface area contributed by atoms with E-state index in [0.717, 1.165) is 12.3 Å². The number of rotatable bonds is 3. The molecular formula is C19H18F2N4O2S. The molecule has 0 spiro atoms. The molecule has 1 saturated heterocycles. The van der Waals surface area contributed by atoms with Crippen molar-refractivity contribution in [2.75, 3.05) is 24.3 Å². The fourth-order valence-electron chi connectivity index (χ4n) is 3.60. The highest BCUT2D eigenvalue weighted by molar-refractivity contribution is 8.13. The monoisotopic (exact) mass is 404 g/mol. The first kappa shape index (κ1) is 18.8. The molecule has 2 atom stereocenters. The van der Waals surface area contributed by atoms with Crippen LogP contribution in [-0.2, 0) is 10.3 Å². The molecule has 0 aliphatic carbocycles. The number of nitrogens with one attached hydrogen (secondary N) is 1. The van der Waals surface area contributed by atoms with Gasteiger partial charge in [0, 0.05) is 35.9 Å². The summed E-state index contributed by atoms with van der Waals surface area (Å²) < 4.78 is 33.4. The van der Waals surface area contributed by atoms with Gasteiger partial charge in [0.25, 0.3) is 5.91 Å². The Morgan fingerprint density at radius 2 is 2.18 bits per heavy atom. The highest BCUT2D eigenvalue weighted by Crippen LogP contribution is 2.46. The standard InChI is InChI=1S/C19H18F2N4O2S/c20-12-1-4-16(23-8-12)17(26)24-13-2-3-15(21)14(7-13)19-5-6-27-9-11(19)10-28-18(22)25-19/h1-4,7-8,11H,5-6,9-10H2,(H2,22,25)(H,24,26)/t11?,19-/m1/s1. The fourth-order valence-corrected chi connectivity index (χ4v) is 4.57. The van der Waals surface area contributed by atoms with Crippen LogP contribution < -0.4 is 11.1 Å². The molecule has 0 radical (unpaired) electrons. The molecule has 1 aromatic carbocycles. The lowest BCUT2D eigenvalue weighted by Crippen LogP contribution is -2.47. The molecule has 1 unspecified atom stereocenters. The second-order valence-electron chi connectivity index (χ2n) is 6.72. The minimum Gasteiger partial charge on any atom is -0.381 e. The molecule has 1 aromatic heterocycles. The lowest BCUT2D eigenvalue weighted by Gasteiger charge is -2.44. The number of anilines is 1. The first-order valence-corrected chi connectivity index (χ1v) is 9.75. The zero-order valence-electron chi connectivity index (χ0n) is 14.8. The van der Waals surface area contributed by atoms with Crippen LogP contribution in [0.1, 0.15) is 22.5 Å². The molecule has 2 aromatic rings. The summed E-state index contributed by atoms with van der Waals surface area (Å²) >= 11 is 1.43. The summed E-state index contributed by atoms with van der Waals surface area (Å²) in [4.78, 5) is 20.8. The fraction of sp³-hybridized carbons (Fsp3) is 0.316. The Morgan fingerprint density at radius 3 is 2.96 bits per heavy atom. The smallest absolute Gasteiger partial charge is 0.274 e. The highest BCUT2D eigenvalue weighted by Gasteiger charge is 2.47. The maximum absolute atomic E-state index is 14.8. The Hall–Kier alpha value is -2.52. The summed E-state index contributed by atoms with van der Waals surface area (Å²) in [5.41, 5.74) is 6.00. The van der Waals surface area contributed by atoms with E-state index in [9.17, 15) is 13.6 Å². The topological polar surface area (TPSA) is 89.6 Å². The maximum Gasteiger partial charge on any atom is 0.274 e. The molecule has 2 aliphatic rings. The molecular weight excluding hydrogens is 386 g/mol. The third-order valence-electron chi connectivity index (χ3n) is 5.01. The van der Waals surface area contributed by atoms with E-state index in [1.54, 1.807) is 6.07 Å². The number of nitrogens with zero attached hydrogens (tertiary/aromatic N) is 2. The molecule has 3 heterocycles. The van der Waals surface area contributed by atoms with Crippen LogP contribution in [0.2, 0.25) is 0 Å². The van der Waals surface area contributed by atoms with Gasteiger partial charge in [0.05, 0.1) is 18.3 Å². The van der Waals surface area contributed by atoms with E-state index in [2.05, 4.69) is 15.3 Å². The number of aromatic nitrogens is 1. The van der Waals surface area contributed by atoms with E-state index >= 15 is 0 Å². The van der Waals surface area contributed by atoms with Gasteiger partial charge >= 0.3 is 0 Å². The van der Waals surface area contributed by atoms with Crippen molar-refractivity contribution in [2.24, 2.45) is 16.6 Å². The van der Waals surface area contributed by atoms with Crippen LogP contribution in [0.5, 0.6) is 0 Å². The largest absolute Gasteiger partial charge is 0.381 e. The first-order chi connectivity index (χ1) is 13.5. The normalized spacial score (nSPS) is 24.2. The zero-order valence-corrected chi connectivity index (χ0v) is 15.6. The van der Waals surface area contributed by atoms with Gasteiger partial charge in [-0.2, -0.15) is 0 Å². The molecule has 146 valence electrons. The number of amides is 1. The summed E-state index contributed by atoms with van der Waals surface area (Å²) in [5.74, 6) is -0.784. The molecule has 9 heteroatoms. The number of carbonyl (C=O) groups is 1. The van der Waals surface area contributed by atoms with E-state index in [-0.39, 0.29) is 11.6 Å². The number of benzene rings is 1. The van der Waals surface area contributed by atoms with E-state index in [1.165, 1.54) is 30.0 Å². The number of ether oxygens (including phenoxy) is 1. The predicted octanol–water partition coefficient (Wildman–Crippen LogP) is 2.91. The minimum atomic E-state index is -0.813. The third kappa shape index (κ3) is 3.47. The van der Waals surface area contributed by atoms with Crippen LogP contribution in [0.4, 0.5) is 14.5 Å². The van der Waals surface area contributed by atoms with Crippen LogP contribution in [-0.4, -0.2) is 35.0 Å². The second-order valence-corrected chi connectivity index (χ2v) is 7.76. The molecule has 2 aliphatic heterocycles. The van der Waals surface area contributed by atoms with E-state index in [1.807, 2.05) is 0 Å². The molecule has 4 rings (SSSR count). The molecule has 28 heavy (non-hydrogen) atoms. The Bertz CT molecular complexity index is 938. The zero-order chi connectivity index (χ0) is 19.7. The van der Waals surface area contributed by atoms with E-state index in [0.29, 0.717) is 41.8 Å². The number of hydrogen-bond donors (Lipinski definition) is 2. The molecule has 1 fully saturated rings. The van der Waals surface area contributed by atoms with Crippen LogP contribution in [0.15, 0.2) is 41.5 Å². The van der Waals surface area contributed by atoms with Crippen molar-refractivity contribution in [1.82, 2.24) is 4.98 Å². The Kier molecular flexibility index (Phi) is 5.03. The molecule has 6 nitrogen and oxygen atoms in total. The average molecular weight is 404 g/mol. The first-order valence-electron chi connectivity index (χ1n) is 8.77. The van der Waals surface area contributed by atoms with Crippen LogP contribution >= 0.6 is 11.8 Å². The van der Waals surface area contributed by atoms with E-state index < -0.39 is 23.1 Å². The number of pyridine rings is 1. The molecule has 0 bridgehead atoms. The number of fused-ring (bicyclic) bond motifs is 1. The summed E-state index contributed by atoms with van der Waals surface area (Å²) in [6, 6.07) is 6.79. The Morgan fingerprint density at radius 1 is 1.32 bits per heavy atom. The van der Waals surface area contributed by atoms with Gasteiger partial charge in [-0.25, -0.2) is 13.8 Å². The lowest BCUT2D eigenvalue weighted by atomic mass is 9.75. The highest BCUT2D eigenvalue weighted by atomic mass is 32.2. The van der Waals surface area contributed by atoms with Gasteiger partial charge in [0.2, 0.25) is 0 Å². The summed E-state index contributed by atoms with van der Waals surface area (Å²) in [7, 11) is 0. The van der Waals surface area contributed by atoms with Crippen molar-refractivity contribution in [3.8, 4) is 0 Å². The van der Waals surface area contributed by atoms with Gasteiger partial charge in [0.1, 0.15) is 17.3 Å². The number of amidine groups is 1. The minimum absolute atomic E-state index is 0.0160. The van der Waals surface area contributed by atoms with Crippen molar-refractivity contribution in [3.05, 3.63) is 59.4 Å². The van der Waals surface area contributed by atoms with Gasteiger partial charge in [-0.05, 0) is 30.3 Å². The average Bonchev–Trinajstić information content (AvgIpc) is 2.69. The number of halogens is 2. The van der Waals surface area contributed by atoms with Crippen molar-refractivity contribution >= 4 is 28.5 Å². The van der Waals surface area contributed by atoms with Gasteiger partial charge in [-0.15, -0.1) is 0 Å². The summed E-state index contributed by atoms with van der Waals surface area (Å²) in [5, 5.41) is 3.10. The van der Waals surface area contributed by atoms with Gasteiger partial charge in [-0.1, -0.05) is 11.8 Å². The van der Waals surface area contributed by atoms with Gasteiger partial charge < -0.3 is 15.8 Å². The molecule has 1 amide bonds. The van der Waals surface area contributed by atoms with Crippen LogP contribution in [0.3, 0.4) is 0 Å². The van der Waals surface area contributed by atoms with Crippen molar-refractivity contribution < 1.29 is 18.3 Å². The number of carbonyl (C=O) groups excluding carboxylic acids is 1. The van der Waals surface area contributed by atoms with Crippen molar-refractivity contribution in [3.63, 3.8) is 0 Å². The van der Waals surface area contributed by atoms with Crippen molar-refractivity contribution in [2.45, 2.75) is 12.0 Å². The van der Waals surface area contributed by atoms with Crippen LogP contribution in [0.25, 0.3) is 0 Å². The summed E-state index contributed by atoms with van der Waals surface area (Å²) in [6.45, 7) is 0.923. The van der Waals surface area contributed by atoms with Gasteiger partial charge in [-0.3, -0.25) is 9.79 Å².